The number of anilines is 1. The van der Waals surface area contributed by atoms with Crippen molar-refractivity contribution in [3.63, 3.8) is 0 Å². The van der Waals surface area contributed by atoms with Crippen LogP contribution in [0.4, 0.5) is 5.95 Å². The number of Topliss-reactive ketones (excluding diaryl/α,β-unsaturated/α-hetero) is 1. The number of hydrogen-bond acceptors (Lipinski definition) is 5. The van der Waals surface area contributed by atoms with Gasteiger partial charge in [-0.15, -0.1) is 0 Å². The summed E-state index contributed by atoms with van der Waals surface area (Å²) in [5.41, 5.74) is 1.33. The molecule has 110 valence electrons. The van der Waals surface area contributed by atoms with Crippen LogP contribution in [0.2, 0.25) is 0 Å². The number of ketones is 1. The van der Waals surface area contributed by atoms with Crippen molar-refractivity contribution in [2.24, 2.45) is 0 Å². The Labute approximate surface area is 120 Å². The number of ether oxygens (including phenoxy) is 1. The van der Waals surface area contributed by atoms with E-state index in [0.29, 0.717) is 17.6 Å². The van der Waals surface area contributed by atoms with Gasteiger partial charge < -0.3 is 9.64 Å². The van der Waals surface area contributed by atoms with Gasteiger partial charge in [-0.25, -0.2) is 9.97 Å². The van der Waals surface area contributed by atoms with E-state index in [9.17, 15) is 4.79 Å². The molecule has 5 nitrogen and oxygen atoms in total. The lowest BCUT2D eigenvalue weighted by atomic mass is 10.1. The predicted octanol–water partition coefficient (Wildman–Crippen LogP) is 2.38. The molecule has 5 heteroatoms. The van der Waals surface area contributed by atoms with E-state index in [1.54, 1.807) is 6.20 Å². The van der Waals surface area contributed by atoms with Gasteiger partial charge in [-0.3, -0.25) is 4.79 Å². The van der Waals surface area contributed by atoms with Gasteiger partial charge in [0.1, 0.15) is 0 Å². The van der Waals surface area contributed by atoms with Gasteiger partial charge >= 0.3 is 0 Å². The van der Waals surface area contributed by atoms with Crippen LogP contribution in [-0.4, -0.2) is 42.1 Å². The number of aryl methyl sites for hydroxylation is 1. The van der Waals surface area contributed by atoms with Gasteiger partial charge in [-0.1, -0.05) is 0 Å². The molecule has 20 heavy (non-hydrogen) atoms. The normalized spacial score (nSPS) is 18.9. The third kappa shape index (κ3) is 3.76. The molecule has 1 atom stereocenters. The molecule has 2 rings (SSSR count). The average molecular weight is 277 g/mol. The fraction of sp³-hybridized carbons (Fsp3) is 0.667. The maximum atomic E-state index is 11.4. The molecular weight excluding hydrogens is 254 g/mol. The first kappa shape index (κ1) is 14.9. The number of nitrogens with zero attached hydrogens (tertiary/aromatic N) is 3. The molecule has 2 heterocycles. The largest absolute Gasteiger partial charge is 0.378 e. The van der Waals surface area contributed by atoms with Gasteiger partial charge in [-0.05, 0) is 39.5 Å². The zero-order valence-electron chi connectivity index (χ0n) is 12.6. The molecule has 0 bridgehead atoms. The van der Waals surface area contributed by atoms with E-state index in [1.165, 1.54) is 19.8 Å². The molecular formula is C15H23N3O2. The molecule has 1 saturated heterocycles. The summed E-state index contributed by atoms with van der Waals surface area (Å²) in [6.45, 7) is 5.14. The highest BCUT2D eigenvalue weighted by Gasteiger charge is 2.16. The van der Waals surface area contributed by atoms with Gasteiger partial charge in [-0.2, -0.15) is 0 Å². The minimum atomic E-state index is 0.00677. The molecule has 1 aliphatic rings. The molecule has 0 N–H and O–H groups in total. The Morgan fingerprint density at radius 2 is 2.30 bits per heavy atom. The molecule has 1 aromatic heterocycles. The molecule has 1 fully saturated rings. The number of carbonyl (C=O) groups excluding carboxylic acids is 1. The zero-order chi connectivity index (χ0) is 14.5. The molecule has 0 saturated carbocycles. The van der Waals surface area contributed by atoms with E-state index in [1.807, 2.05) is 18.9 Å². The molecule has 0 aromatic carbocycles. The smallest absolute Gasteiger partial charge is 0.225 e. The topological polar surface area (TPSA) is 55.3 Å². The van der Waals surface area contributed by atoms with Crippen molar-refractivity contribution in [2.45, 2.75) is 45.6 Å². The summed E-state index contributed by atoms with van der Waals surface area (Å²) in [5.74, 6) is 0.676. The fourth-order valence-electron chi connectivity index (χ4n) is 2.46. The summed E-state index contributed by atoms with van der Waals surface area (Å²) in [6.07, 6.45) is 6.57. The van der Waals surface area contributed by atoms with E-state index >= 15 is 0 Å². The number of aromatic nitrogens is 2. The summed E-state index contributed by atoms with van der Waals surface area (Å²) in [6, 6.07) is 0. The molecule has 0 spiro atoms. The number of rotatable bonds is 5. The second-order valence-corrected chi connectivity index (χ2v) is 5.42. The Kier molecular flexibility index (Phi) is 5.06. The Morgan fingerprint density at radius 1 is 1.50 bits per heavy atom. The second-order valence-electron chi connectivity index (χ2n) is 5.42. The third-order valence-electron chi connectivity index (χ3n) is 3.75. The van der Waals surface area contributed by atoms with Crippen LogP contribution < -0.4 is 4.90 Å². The Bertz CT molecular complexity index is 470. The van der Waals surface area contributed by atoms with Crippen LogP contribution in [0.5, 0.6) is 0 Å². The summed E-state index contributed by atoms with van der Waals surface area (Å²) in [4.78, 5) is 22.1. The summed E-state index contributed by atoms with van der Waals surface area (Å²) in [5, 5.41) is 0. The molecule has 0 amide bonds. The Morgan fingerprint density at radius 3 is 2.90 bits per heavy atom. The summed E-state index contributed by atoms with van der Waals surface area (Å²) >= 11 is 0. The lowest BCUT2D eigenvalue weighted by Crippen LogP contribution is -2.28. The van der Waals surface area contributed by atoms with Crippen LogP contribution in [0, 0.1) is 6.92 Å². The maximum absolute atomic E-state index is 11.4. The van der Waals surface area contributed by atoms with Crippen LogP contribution in [0.15, 0.2) is 6.20 Å². The highest BCUT2D eigenvalue weighted by Crippen LogP contribution is 2.17. The van der Waals surface area contributed by atoms with E-state index in [2.05, 4.69) is 9.97 Å². The van der Waals surface area contributed by atoms with Crippen LogP contribution >= 0.6 is 0 Å². The fourth-order valence-corrected chi connectivity index (χ4v) is 2.46. The first-order chi connectivity index (χ1) is 9.58. The van der Waals surface area contributed by atoms with Crippen molar-refractivity contribution in [3.05, 3.63) is 17.5 Å². The van der Waals surface area contributed by atoms with Gasteiger partial charge in [0.25, 0.3) is 0 Å². The van der Waals surface area contributed by atoms with Crippen LogP contribution in [0.3, 0.4) is 0 Å². The standard InChI is InChI=1S/C15H23N3O2/c1-11-14(12(2)19)10-16-15(17-11)18(3)8-7-13-6-4-5-9-20-13/h10,13H,4-9H2,1-3H3. The van der Waals surface area contributed by atoms with Crippen molar-refractivity contribution in [1.29, 1.82) is 0 Å². The number of hydrogen-bond donors (Lipinski definition) is 0. The van der Waals surface area contributed by atoms with Crippen molar-refractivity contribution >= 4 is 11.7 Å². The zero-order valence-corrected chi connectivity index (χ0v) is 12.6. The first-order valence-corrected chi connectivity index (χ1v) is 7.25. The lowest BCUT2D eigenvalue weighted by molar-refractivity contribution is 0.0126. The minimum absolute atomic E-state index is 0.00677. The van der Waals surface area contributed by atoms with Crippen molar-refractivity contribution in [3.8, 4) is 0 Å². The van der Waals surface area contributed by atoms with E-state index < -0.39 is 0 Å². The molecule has 0 aliphatic carbocycles. The van der Waals surface area contributed by atoms with Crippen molar-refractivity contribution in [1.82, 2.24) is 9.97 Å². The first-order valence-electron chi connectivity index (χ1n) is 7.25. The van der Waals surface area contributed by atoms with Crippen molar-refractivity contribution < 1.29 is 9.53 Å². The van der Waals surface area contributed by atoms with Crippen molar-refractivity contribution in [2.75, 3.05) is 25.1 Å². The average Bonchev–Trinajstić information content (AvgIpc) is 2.45. The summed E-state index contributed by atoms with van der Waals surface area (Å²) < 4.78 is 5.73. The van der Waals surface area contributed by atoms with E-state index in [-0.39, 0.29) is 5.78 Å². The Hall–Kier alpha value is -1.49. The highest BCUT2D eigenvalue weighted by molar-refractivity contribution is 5.94. The Balaban J connectivity index is 1.93. The van der Waals surface area contributed by atoms with Gasteiger partial charge in [0.05, 0.1) is 17.4 Å². The molecule has 1 aromatic rings. The lowest BCUT2D eigenvalue weighted by Gasteiger charge is -2.25. The predicted molar refractivity (Wildman–Crippen MR) is 78.3 cm³/mol. The SMILES string of the molecule is CC(=O)c1cnc(N(C)CCC2CCCCO2)nc1C. The van der Waals surface area contributed by atoms with Crippen LogP contribution in [0.1, 0.15) is 48.7 Å². The highest BCUT2D eigenvalue weighted by atomic mass is 16.5. The van der Waals surface area contributed by atoms with Gasteiger partial charge in [0.2, 0.25) is 5.95 Å². The van der Waals surface area contributed by atoms with Crippen LogP contribution in [-0.2, 0) is 4.74 Å². The van der Waals surface area contributed by atoms with Gasteiger partial charge in [0, 0.05) is 26.4 Å². The molecule has 1 aliphatic heterocycles. The molecule has 0 radical (unpaired) electrons. The molecule has 1 unspecified atom stereocenters. The van der Waals surface area contributed by atoms with E-state index in [4.69, 9.17) is 4.74 Å². The van der Waals surface area contributed by atoms with Crippen LogP contribution in [0.25, 0.3) is 0 Å². The second kappa shape index (κ2) is 6.79. The maximum Gasteiger partial charge on any atom is 0.225 e. The quantitative estimate of drug-likeness (QED) is 0.773. The van der Waals surface area contributed by atoms with E-state index in [0.717, 1.165) is 31.7 Å². The summed E-state index contributed by atoms with van der Waals surface area (Å²) in [7, 11) is 1.98. The van der Waals surface area contributed by atoms with Gasteiger partial charge in [0.15, 0.2) is 5.78 Å². The third-order valence-corrected chi connectivity index (χ3v) is 3.75. The minimum Gasteiger partial charge on any atom is -0.378 e. The number of carbonyl (C=O) groups is 1. The monoisotopic (exact) mass is 277 g/mol.